The van der Waals surface area contributed by atoms with Gasteiger partial charge in [0, 0.05) is 0 Å². The monoisotopic (exact) mass is 248 g/mol. The van der Waals surface area contributed by atoms with Crippen LogP contribution in [0, 0.1) is 16.7 Å². The van der Waals surface area contributed by atoms with Gasteiger partial charge in [-0.25, -0.2) is 0 Å². The van der Waals surface area contributed by atoms with Gasteiger partial charge in [-0.1, -0.05) is 13.8 Å². The summed E-state index contributed by atoms with van der Waals surface area (Å²) in [7, 11) is 0. The van der Waals surface area contributed by atoms with Crippen LogP contribution in [0.1, 0.15) is 53.9 Å². The molecule has 0 aromatic rings. The Morgan fingerprint density at radius 3 is 1.88 bits per heavy atom. The molecule has 2 atom stereocenters. The Balaban J connectivity index is 4.58. The topological polar surface area (TPSA) is 34.1 Å². The standard InChI is InChI=1S/C13H22F2O2/c1-6-13(5,11(15)17)8-7-9(2)12(3,4)10(14)16/h9H,6-8H2,1-5H3. The van der Waals surface area contributed by atoms with Crippen molar-refractivity contribution in [2.75, 3.05) is 0 Å². The highest BCUT2D eigenvalue weighted by Gasteiger charge is 2.37. The molecule has 0 aliphatic rings. The average molecular weight is 248 g/mol. The Bertz CT molecular complexity index is 300. The highest BCUT2D eigenvalue weighted by Crippen LogP contribution is 2.37. The van der Waals surface area contributed by atoms with Crippen LogP contribution < -0.4 is 0 Å². The second-order valence-corrected chi connectivity index (χ2v) is 5.62. The fourth-order valence-electron chi connectivity index (χ4n) is 1.50. The molecule has 0 aliphatic heterocycles. The Hall–Kier alpha value is -0.800. The first kappa shape index (κ1) is 16.2. The van der Waals surface area contributed by atoms with E-state index in [1.54, 1.807) is 20.8 Å². The van der Waals surface area contributed by atoms with Crippen molar-refractivity contribution in [2.24, 2.45) is 16.7 Å². The van der Waals surface area contributed by atoms with Crippen LogP contribution in [0.3, 0.4) is 0 Å². The van der Waals surface area contributed by atoms with Crippen molar-refractivity contribution < 1.29 is 18.4 Å². The fraction of sp³-hybridized carbons (Fsp3) is 0.846. The van der Waals surface area contributed by atoms with Gasteiger partial charge in [0.05, 0.1) is 10.8 Å². The molecule has 17 heavy (non-hydrogen) atoms. The summed E-state index contributed by atoms with van der Waals surface area (Å²) < 4.78 is 25.7. The molecule has 0 saturated carbocycles. The zero-order valence-electron chi connectivity index (χ0n) is 11.3. The number of halogens is 2. The molecule has 0 fully saturated rings. The minimum absolute atomic E-state index is 0.231. The van der Waals surface area contributed by atoms with Crippen LogP contribution in [0.2, 0.25) is 0 Å². The Morgan fingerprint density at radius 2 is 1.59 bits per heavy atom. The predicted molar refractivity (Wildman–Crippen MR) is 62.8 cm³/mol. The fourth-order valence-corrected chi connectivity index (χ4v) is 1.50. The second-order valence-electron chi connectivity index (χ2n) is 5.62. The van der Waals surface area contributed by atoms with Gasteiger partial charge < -0.3 is 0 Å². The molecule has 2 nitrogen and oxygen atoms in total. The maximum atomic E-state index is 12.9. The molecule has 0 amide bonds. The Kier molecular flexibility index (Phi) is 5.43. The summed E-state index contributed by atoms with van der Waals surface area (Å²) in [6.45, 7) is 8.11. The van der Waals surface area contributed by atoms with E-state index in [1.807, 2.05) is 0 Å². The molecule has 0 saturated heterocycles. The van der Waals surface area contributed by atoms with Crippen molar-refractivity contribution in [1.29, 1.82) is 0 Å². The van der Waals surface area contributed by atoms with Gasteiger partial charge in [0.2, 0.25) is 0 Å². The largest absolute Gasteiger partial charge is 0.307 e. The lowest BCUT2D eigenvalue weighted by Gasteiger charge is -2.30. The van der Waals surface area contributed by atoms with E-state index in [-0.39, 0.29) is 5.92 Å². The van der Waals surface area contributed by atoms with Gasteiger partial charge in [-0.05, 0) is 46.0 Å². The molecule has 100 valence electrons. The van der Waals surface area contributed by atoms with Crippen molar-refractivity contribution >= 4 is 12.1 Å². The van der Waals surface area contributed by atoms with E-state index in [2.05, 4.69) is 0 Å². The van der Waals surface area contributed by atoms with Crippen LogP contribution >= 0.6 is 0 Å². The van der Waals surface area contributed by atoms with Crippen molar-refractivity contribution in [3.05, 3.63) is 0 Å². The van der Waals surface area contributed by atoms with E-state index < -0.39 is 22.9 Å². The van der Waals surface area contributed by atoms with Crippen molar-refractivity contribution in [2.45, 2.75) is 53.9 Å². The molecule has 0 N–H and O–H groups in total. The molecule has 0 heterocycles. The van der Waals surface area contributed by atoms with Crippen molar-refractivity contribution in [3.8, 4) is 0 Å². The Morgan fingerprint density at radius 1 is 1.12 bits per heavy atom. The maximum Gasteiger partial charge on any atom is 0.307 e. The second kappa shape index (κ2) is 5.69. The summed E-state index contributed by atoms with van der Waals surface area (Å²) in [5.41, 5.74) is -2.09. The summed E-state index contributed by atoms with van der Waals surface area (Å²) in [5, 5.41) is 0. The number of carbonyl (C=O) groups is 2. The lowest BCUT2D eigenvalue weighted by Crippen LogP contribution is -2.31. The van der Waals surface area contributed by atoms with Gasteiger partial charge in [-0.15, -0.1) is 0 Å². The first-order chi connectivity index (χ1) is 7.58. The zero-order valence-corrected chi connectivity index (χ0v) is 11.3. The van der Waals surface area contributed by atoms with Gasteiger partial charge in [0.25, 0.3) is 0 Å². The van der Waals surface area contributed by atoms with E-state index in [9.17, 15) is 18.4 Å². The summed E-state index contributed by atoms with van der Waals surface area (Å²) in [6.07, 6.45) is 1.18. The highest BCUT2D eigenvalue weighted by molar-refractivity contribution is 5.75. The lowest BCUT2D eigenvalue weighted by atomic mass is 9.73. The highest BCUT2D eigenvalue weighted by atomic mass is 19.1. The van der Waals surface area contributed by atoms with Crippen LogP contribution in [0.4, 0.5) is 8.78 Å². The molecule has 0 rings (SSSR count). The molecule has 2 unspecified atom stereocenters. The van der Waals surface area contributed by atoms with Gasteiger partial charge in [0.1, 0.15) is 0 Å². The number of hydrogen-bond acceptors (Lipinski definition) is 2. The molecule has 0 aromatic carbocycles. The van der Waals surface area contributed by atoms with Gasteiger partial charge in [-0.2, -0.15) is 8.78 Å². The van der Waals surface area contributed by atoms with Gasteiger partial charge in [0.15, 0.2) is 0 Å². The van der Waals surface area contributed by atoms with Crippen LogP contribution in [0.5, 0.6) is 0 Å². The predicted octanol–water partition coefficient (Wildman–Crippen LogP) is 3.84. The summed E-state index contributed by atoms with van der Waals surface area (Å²) >= 11 is 0. The molecular weight excluding hydrogens is 226 g/mol. The quantitative estimate of drug-likeness (QED) is 0.641. The van der Waals surface area contributed by atoms with E-state index >= 15 is 0 Å². The van der Waals surface area contributed by atoms with Gasteiger partial charge >= 0.3 is 12.1 Å². The average Bonchev–Trinajstić information content (AvgIpc) is 2.24. The Labute approximate surface area is 102 Å². The SMILES string of the molecule is CCC(C)(CCC(C)C(C)(C)C(=O)F)C(=O)F. The third-order valence-electron chi connectivity index (χ3n) is 4.12. The first-order valence-corrected chi connectivity index (χ1v) is 5.97. The normalized spacial score (nSPS) is 17.4. The third-order valence-corrected chi connectivity index (χ3v) is 4.12. The minimum Gasteiger partial charge on any atom is -0.261 e. The summed E-state index contributed by atoms with van der Waals surface area (Å²) in [6, 6.07) is -2.70. The number of rotatable bonds is 7. The first-order valence-electron chi connectivity index (χ1n) is 5.97. The third kappa shape index (κ3) is 3.86. The molecule has 0 spiro atoms. The molecule has 4 heteroatoms. The van der Waals surface area contributed by atoms with Crippen LogP contribution in [0.25, 0.3) is 0 Å². The summed E-state index contributed by atoms with van der Waals surface area (Å²) in [5.74, 6) is -0.231. The minimum atomic E-state index is -1.37. The zero-order chi connectivity index (χ0) is 13.9. The summed E-state index contributed by atoms with van der Waals surface area (Å²) in [4.78, 5) is 21.7. The van der Waals surface area contributed by atoms with Crippen LogP contribution in [-0.2, 0) is 9.59 Å². The smallest absolute Gasteiger partial charge is 0.261 e. The van der Waals surface area contributed by atoms with Crippen molar-refractivity contribution in [1.82, 2.24) is 0 Å². The van der Waals surface area contributed by atoms with Crippen LogP contribution in [-0.4, -0.2) is 12.1 Å². The number of carbonyl (C=O) groups excluding carboxylic acids is 2. The van der Waals surface area contributed by atoms with E-state index in [1.165, 1.54) is 13.8 Å². The number of hydrogen-bond donors (Lipinski definition) is 0. The van der Waals surface area contributed by atoms with E-state index in [4.69, 9.17) is 0 Å². The lowest BCUT2D eigenvalue weighted by molar-refractivity contribution is -0.142. The van der Waals surface area contributed by atoms with Crippen LogP contribution in [0.15, 0.2) is 0 Å². The van der Waals surface area contributed by atoms with E-state index in [0.717, 1.165) is 0 Å². The van der Waals surface area contributed by atoms with Crippen molar-refractivity contribution in [3.63, 3.8) is 0 Å². The molecule has 0 aromatic heterocycles. The van der Waals surface area contributed by atoms with Gasteiger partial charge in [-0.3, -0.25) is 9.59 Å². The molecule has 0 bridgehead atoms. The molecule has 0 radical (unpaired) electrons. The molecule has 0 aliphatic carbocycles. The molecular formula is C13H22F2O2. The van der Waals surface area contributed by atoms with E-state index in [0.29, 0.717) is 19.3 Å². The maximum absolute atomic E-state index is 12.9.